The van der Waals surface area contributed by atoms with E-state index in [1.165, 1.54) is 17.2 Å². The fraction of sp³-hybridized carbons (Fsp3) is 0.286. The lowest BCUT2D eigenvalue weighted by Crippen LogP contribution is -2.39. The van der Waals surface area contributed by atoms with E-state index in [4.69, 9.17) is 5.11 Å². The number of hydrogen-bond acceptors (Lipinski definition) is 2. The lowest BCUT2D eigenvalue weighted by molar-refractivity contribution is -0.116. The highest BCUT2D eigenvalue weighted by Gasteiger charge is 2.26. The highest BCUT2D eigenvalue weighted by molar-refractivity contribution is 5.92. The summed E-state index contributed by atoms with van der Waals surface area (Å²) in [6.07, 6.45) is 3.40. The summed E-state index contributed by atoms with van der Waals surface area (Å²) < 4.78 is 0. The fourth-order valence-electron chi connectivity index (χ4n) is 2.12. The van der Waals surface area contributed by atoms with E-state index in [0.717, 1.165) is 12.0 Å². The number of benzene rings is 1. The standard InChI is InChI=1S/C14H15NO3/c16-13-8-9-15(14(17)18)12(10-13)7-6-11-4-2-1-3-5-11/h1-5,8-9,12H,6-7,10H2,(H,17,18). The second kappa shape index (κ2) is 5.49. The summed E-state index contributed by atoms with van der Waals surface area (Å²) in [5.74, 6) is -0.00874. The summed E-state index contributed by atoms with van der Waals surface area (Å²) in [6.45, 7) is 0. The Morgan fingerprint density at radius 3 is 2.72 bits per heavy atom. The van der Waals surface area contributed by atoms with E-state index in [1.54, 1.807) is 0 Å². The van der Waals surface area contributed by atoms with Crippen molar-refractivity contribution in [2.45, 2.75) is 25.3 Å². The van der Waals surface area contributed by atoms with Crippen molar-refractivity contribution < 1.29 is 14.7 Å². The SMILES string of the molecule is O=C1C=CN(C(=O)O)C(CCc2ccccc2)C1. The Bertz CT molecular complexity index is 467. The number of rotatable bonds is 3. The summed E-state index contributed by atoms with van der Waals surface area (Å²) in [5, 5.41) is 9.06. The first-order valence-corrected chi connectivity index (χ1v) is 5.93. The third kappa shape index (κ3) is 2.97. The van der Waals surface area contributed by atoms with Gasteiger partial charge in [0.2, 0.25) is 0 Å². The Labute approximate surface area is 106 Å². The van der Waals surface area contributed by atoms with Crippen LogP contribution in [-0.2, 0) is 11.2 Å². The molecule has 1 atom stereocenters. The van der Waals surface area contributed by atoms with Crippen molar-refractivity contribution in [1.29, 1.82) is 0 Å². The molecule has 0 spiro atoms. The van der Waals surface area contributed by atoms with E-state index in [2.05, 4.69) is 0 Å². The van der Waals surface area contributed by atoms with Crippen molar-refractivity contribution in [2.24, 2.45) is 0 Å². The number of allylic oxidation sites excluding steroid dienone is 1. The normalized spacial score (nSPS) is 19.0. The van der Waals surface area contributed by atoms with Crippen molar-refractivity contribution in [3.63, 3.8) is 0 Å². The van der Waals surface area contributed by atoms with Gasteiger partial charge < -0.3 is 5.11 Å². The topological polar surface area (TPSA) is 57.6 Å². The first kappa shape index (κ1) is 12.4. The van der Waals surface area contributed by atoms with Gasteiger partial charge in [0.15, 0.2) is 5.78 Å². The van der Waals surface area contributed by atoms with Crippen LogP contribution in [-0.4, -0.2) is 27.9 Å². The molecule has 1 aromatic carbocycles. The summed E-state index contributed by atoms with van der Waals surface area (Å²) in [5.41, 5.74) is 1.16. The number of carbonyl (C=O) groups is 2. The zero-order valence-corrected chi connectivity index (χ0v) is 9.95. The molecule has 0 radical (unpaired) electrons. The first-order valence-electron chi connectivity index (χ1n) is 5.93. The molecule has 4 heteroatoms. The highest BCUT2D eigenvalue weighted by atomic mass is 16.4. The largest absolute Gasteiger partial charge is 0.465 e. The van der Waals surface area contributed by atoms with Crippen molar-refractivity contribution in [3.8, 4) is 0 Å². The van der Waals surface area contributed by atoms with Crippen LogP contribution >= 0.6 is 0 Å². The molecule has 1 N–H and O–H groups in total. The molecule has 0 aliphatic carbocycles. The maximum atomic E-state index is 11.3. The molecule has 94 valence electrons. The second-order valence-electron chi connectivity index (χ2n) is 4.35. The van der Waals surface area contributed by atoms with Crippen molar-refractivity contribution in [1.82, 2.24) is 4.90 Å². The Morgan fingerprint density at radius 2 is 2.06 bits per heavy atom. The molecule has 18 heavy (non-hydrogen) atoms. The fourth-order valence-corrected chi connectivity index (χ4v) is 2.12. The van der Waals surface area contributed by atoms with Crippen LogP contribution < -0.4 is 0 Å². The molecule has 1 unspecified atom stereocenters. The van der Waals surface area contributed by atoms with Crippen molar-refractivity contribution >= 4 is 11.9 Å². The third-order valence-corrected chi connectivity index (χ3v) is 3.08. The van der Waals surface area contributed by atoms with Crippen LogP contribution in [0.3, 0.4) is 0 Å². The Hall–Kier alpha value is -2.10. The molecule has 0 aromatic heterocycles. The molecule has 1 aromatic rings. The van der Waals surface area contributed by atoms with Crippen LogP contribution in [0, 0.1) is 0 Å². The zero-order chi connectivity index (χ0) is 13.0. The van der Waals surface area contributed by atoms with E-state index in [9.17, 15) is 9.59 Å². The number of aryl methyl sites for hydroxylation is 1. The van der Waals surface area contributed by atoms with Gasteiger partial charge in [-0.25, -0.2) is 4.79 Å². The monoisotopic (exact) mass is 245 g/mol. The molecule has 0 saturated heterocycles. The first-order chi connectivity index (χ1) is 8.66. The number of ketones is 1. The summed E-state index contributed by atoms with van der Waals surface area (Å²) in [6, 6.07) is 9.61. The molecule has 2 rings (SSSR count). The van der Waals surface area contributed by atoms with Gasteiger partial charge in [0.05, 0.1) is 0 Å². The lowest BCUT2D eigenvalue weighted by atomic mass is 9.98. The molecule has 1 heterocycles. The number of carboxylic acid groups (broad SMARTS) is 1. The van der Waals surface area contributed by atoms with Gasteiger partial charge in [0.25, 0.3) is 0 Å². The van der Waals surface area contributed by atoms with Crippen LogP contribution in [0.15, 0.2) is 42.6 Å². The molecule has 1 aliphatic heterocycles. The molecule has 1 aliphatic rings. The minimum absolute atomic E-state index is 0.00874. The van der Waals surface area contributed by atoms with Gasteiger partial charge in [-0.1, -0.05) is 30.3 Å². The van der Waals surface area contributed by atoms with Gasteiger partial charge in [0.1, 0.15) is 0 Å². The smallest absolute Gasteiger partial charge is 0.411 e. The molecular formula is C14H15NO3. The van der Waals surface area contributed by atoms with Gasteiger partial charge in [-0.15, -0.1) is 0 Å². The van der Waals surface area contributed by atoms with Crippen LogP contribution in [0.1, 0.15) is 18.4 Å². The van der Waals surface area contributed by atoms with Crippen LogP contribution in [0.25, 0.3) is 0 Å². The van der Waals surface area contributed by atoms with Gasteiger partial charge >= 0.3 is 6.09 Å². The van der Waals surface area contributed by atoms with Crippen LogP contribution in [0.5, 0.6) is 0 Å². The van der Waals surface area contributed by atoms with E-state index >= 15 is 0 Å². The molecule has 0 fully saturated rings. The lowest BCUT2D eigenvalue weighted by Gasteiger charge is -2.28. The Morgan fingerprint density at radius 1 is 1.33 bits per heavy atom. The van der Waals surface area contributed by atoms with Crippen LogP contribution in [0.4, 0.5) is 4.79 Å². The van der Waals surface area contributed by atoms with E-state index in [0.29, 0.717) is 6.42 Å². The molecular weight excluding hydrogens is 230 g/mol. The summed E-state index contributed by atoms with van der Waals surface area (Å²) >= 11 is 0. The van der Waals surface area contributed by atoms with E-state index in [1.807, 2.05) is 30.3 Å². The highest BCUT2D eigenvalue weighted by Crippen LogP contribution is 2.18. The number of hydrogen-bond donors (Lipinski definition) is 1. The molecule has 4 nitrogen and oxygen atoms in total. The van der Waals surface area contributed by atoms with Gasteiger partial charge in [-0.2, -0.15) is 0 Å². The predicted octanol–water partition coefficient (Wildman–Crippen LogP) is 2.45. The average Bonchev–Trinajstić information content (AvgIpc) is 2.37. The van der Waals surface area contributed by atoms with E-state index in [-0.39, 0.29) is 18.2 Å². The minimum atomic E-state index is -1.00. The summed E-state index contributed by atoms with van der Waals surface area (Å²) in [7, 11) is 0. The molecule has 0 bridgehead atoms. The Kier molecular flexibility index (Phi) is 3.77. The summed E-state index contributed by atoms with van der Waals surface area (Å²) in [4.78, 5) is 23.6. The number of nitrogens with zero attached hydrogens (tertiary/aromatic N) is 1. The van der Waals surface area contributed by atoms with Crippen LogP contribution in [0.2, 0.25) is 0 Å². The number of carbonyl (C=O) groups excluding carboxylic acids is 1. The predicted molar refractivity (Wildman–Crippen MR) is 67.2 cm³/mol. The van der Waals surface area contributed by atoms with Gasteiger partial charge in [-0.3, -0.25) is 9.69 Å². The Balaban J connectivity index is 2.01. The van der Waals surface area contributed by atoms with Gasteiger partial charge in [-0.05, 0) is 24.5 Å². The van der Waals surface area contributed by atoms with Gasteiger partial charge in [0, 0.05) is 18.7 Å². The molecule has 0 saturated carbocycles. The minimum Gasteiger partial charge on any atom is -0.465 e. The maximum Gasteiger partial charge on any atom is 0.411 e. The van der Waals surface area contributed by atoms with Crippen molar-refractivity contribution in [2.75, 3.05) is 0 Å². The average molecular weight is 245 g/mol. The maximum absolute atomic E-state index is 11.3. The number of amides is 1. The third-order valence-electron chi connectivity index (χ3n) is 3.08. The quantitative estimate of drug-likeness (QED) is 0.889. The molecule has 1 amide bonds. The van der Waals surface area contributed by atoms with Crippen molar-refractivity contribution in [3.05, 3.63) is 48.2 Å². The zero-order valence-electron chi connectivity index (χ0n) is 9.95. The van der Waals surface area contributed by atoms with E-state index < -0.39 is 6.09 Å². The second-order valence-corrected chi connectivity index (χ2v) is 4.35.